The van der Waals surface area contributed by atoms with Gasteiger partial charge in [-0.2, -0.15) is 0 Å². The van der Waals surface area contributed by atoms with E-state index in [4.69, 9.17) is 0 Å². The fraction of sp³-hybridized carbons (Fsp3) is 0.143. The average Bonchev–Trinajstić information content (AvgIpc) is 1.94. The lowest BCUT2D eigenvalue weighted by atomic mass is 10.2. The first-order valence-corrected chi connectivity index (χ1v) is 5.12. The van der Waals surface area contributed by atoms with Gasteiger partial charge in [0.2, 0.25) is 0 Å². The third kappa shape index (κ3) is 2.25. The molecule has 0 N–H and O–H groups in total. The Hall–Kier alpha value is 0.0600. The van der Waals surface area contributed by atoms with Gasteiger partial charge in [-0.15, -0.1) is 0 Å². The van der Waals surface area contributed by atoms with E-state index in [9.17, 15) is 8.76 Å². The summed E-state index contributed by atoms with van der Waals surface area (Å²) in [6.07, 6.45) is 0. The van der Waals surface area contributed by atoms with Crippen LogP contribution in [0.15, 0.2) is 23.1 Å². The van der Waals surface area contributed by atoms with Gasteiger partial charge in [-0.05, 0) is 58.3 Å². The zero-order chi connectivity index (χ0) is 8.43. The largest absolute Gasteiger partial charge is 0.768 e. The molecule has 0 aliphatic heterocycles. The molecule has 0 saturated heterocycles. The van der Waals surface area contributed by atoms with Crippen LogP contribution < -0.4 is 0 Å². The van der Waals surface area contributed by atoms with Crippen LogP contribution in [-0.2, 0) is 11.1 Å². The lowest BCUT2D eigenvalue weighted by Gasteiger charge is -2.05. The third-order valence-electron chi connectivity index (χ3n) is 1.34. The van der Waals surface area contributed by atoms with Crippen molar-refractivity contribution in [3.05, 3.63) is 27.3 Å². The predicted octanol–water partition coefficient (Wildman–Crippen LogP) is 1.84. The number of hydrogen-bond donors (Lipinski definition) is 0. The molecule has 1 aromatic rings. The van der Waals surface area contributed by atoms with E-state index in [-0.39, 0.29) is 0 Å². The number of benzene rings is 1. The molecule has 0 heterocycles. The van der Waals surface area contributed by atoms with E-state index < -0.39 is 11.1 Å². The summed E-state index contributed by atoms with van der Waals surface area (Å²) in [4.78, 5) is 0.347. The molecular formula is C7H6IO2S-. The molecule has 1 atom stereocenters. The van der Waals surface area contributed by atoms with Crippen LogP contribution in [0.4, 0.5) is 0 Å². The summed E-state index contributed by atoms with van der Waals surface area (Å²) in [5, 5.41) is 0. The van der Waals surface area contributed by atoms with E-state index in [2.05, 4.69) is 22.6 Å². The molecule has 0 amide bonds. The maximum atomic E-state index is 10.5. The molecule has 0 aliphatic carbocycles. The predicted molar refractivity (Wildman–Crippen MR) is 51.1 cm³/mol. The molecule has 2 nitrogen and oxygen atoms in total. The second-order valence-corrected chi connectivity index (χ2v) is 4.25. The lowest BCUT2D eigenvalue weighted by Crippen LogP contribution is -1.90. The van der Waals surface area contributed by atoms with Crippen LogP contribution in [0.5, 0.6) is 0 Å². The minimum Gasteiger partial charge on any atom is -0.768 e. The van der Waals surface area contributed by atoms with Crippen molar-refractivity contribution in [2.75, 3.05) is 0 Å². The Kier molecular flexibility index (Phi) is 3.03. The van der Waals surface area contributed by atoms with Gasteiger partial charge in [-0.1, -0.05) is 6.07 Å². The Morgan fingerprint density at radius 1 is 1.55 bits per heavy atom. The topological polar surface area (TPSA) is 40.1 Å². The van der Waals surface area contributed by atoms with Gasteiger partial charge in [0.15, 0.2) is 0 Å². The molecule has 1 unspecified atom stereocenters. The fourth-order valence-corrected chi connectivity index (χ4v) is 1.80. The smallest absolute Gasteiger partial charge is 0.0259 e. The Morgan fingerprint density at radius 3 is 2.64 bits per heavy atom. The quantitative estimate of drug-likeness (QED) is 0.582. The molecule has 0 saturated carbocycles. The Labute approximate surface area is 81.4 Å². The van der Waals surface area contributed by atoms with Crippen LogP contribution >= 0.6 is 22.6 Å². The van der Waals surface area contributed by atoms with Crippen molar-refractivity contribution in [3.63, 3.8) is 0 Å². The summed E-state index contributed by atoms with van der Waals surface area (Å²) >= 11 is 0.00767. The fourth-order valence-electron chi connectivity index (χ4n) is 0.677. The number of aryl methyl sites for hydroxylation is 1. The van der Waals surface area contributed by atoms with Crippen LogP contribution in [0.1, 0.15) is 5.56 Å². The Balaban J connectivity index is 3.15. The molecule has 0 spiro atoms. The lowest BCUT2D eigenvalue weighted by molar-refractivity contribution is 0.537. The van der Waals surface area contributed by atoms with Crippen molar-refractivity contribution in [3.8, 4) is 0 Å². The second kappa shape index (κ2) is 3.64. The SMILES string of the molecule is Cc1ccc(S(=O)[O-])cc1I. The summed E-state index contributed by atoms with van der Waals surface area (Å²) in [5.74, 6) is 0. The minimum atomic E-state index is -2.10. The van der Waals surface area contributed by atoms with Crippen molar-refractivity contribution in [1.82, 2.24) is 0 Å². The first-order valence-electron chi connectivity index (χ1n) is 2.96. The van der Waals surface area contributed by atoms with Crippen LogP contribution in [0, 0.1) is 10.5 Å². The molecule has 1 rings (SSSR count). The molecular weight excluding hydrogens is 275 g/mol. The summed E-state index contributed by atoms with van der Waals surface area (Å²) in [5.41, 5.74) is 1.10. The van der Waals surface area contributed by atoms with Gasteiger partial charge < -0.3 is 4.55 Å². The molecule has 0 radical (unpaired) electrons. The Morgan fingerprint density at radius 2 is 2.18 bits per heavy atom. The summed E-state index contributed by atoms with van der Waals surface area (Å²) in [6.45, 7) is 1.94. The molecule has 4 heteroatoms. The first kappa shape index (κ1) is 9.15. The van der Waals surface area contributed by atoms with Crippen LogP contribution in [0.2, 0.25) is 0 Å². The second-order valence-electron chi connectivity index (χ2n) is 2.15. The van der Waals surface area contributed by atoms with Crippen molar-refractivity contribution in [1.29, 1.82) is 0 Å². The van der Waals surface area contributed by atoms with Gasteiger partial charge in [0.1, 0.15) is 0 Å². The molecule has 0 aliphatic rings. The van der Waals surface area contributed by atoms with Crippen molar-refractivity contribution in [2.24, 2.45) is 0 Å². The maximum Gasteiger partial charge on any atom is 0.0259 e. The van der Waals surface area contributed by atoms with E-state index in [1.807, 2.05) is 6.92 Å². The molecule has 0 bridgehead atoms. The highest BCUT2D eigenvalue weighted by molar-refractivity contribution is 14.1. The van der Waals surface area contributed by atoms with E-state index in [1.54, 1.807) is 18.2 Å². The highest BCUT2D eigenvalue weighted by Crippen LogP contribution is 2.14. The van der Waals surface area contributed by atoms with Crippen LogP contribution in [-0.4, -0.2) is 8.76 Å². The minimum absolute atomic E-state index is 0.347. The zero-order valence-corrected chi connectivity index (χ0v) is 8.81. The molecule has 60 valence electrons. The van der Waals surface area contributed by atoms with Crippen molar-refractivity contribution < 1.29 is 8.76 Å². The average molecular weight is 281 g/mol. The highest BCUT2D eigenvalue weighted by Gasteiger charge is 1.96. The van der Waals surface area contributed by atoms with Gasteiger partial charge >= 0.3 is 0 Å². The number of rotatable bonds is 1. The van der Waals surface area contributed by atoms with Gasteiger partial charge in [0, 0.05) is 8.47 Å². The maximum absolute atomic E-state index is 10.5. The van der Waals surface area contributed by atoms with Gasteiger partial charge in [-0.3, -0.25) is 4.21 Å². The number of halogens is 1. The van der Waals surface area contributed by atoms with Crippen LogP contribution in [0.3, 0.4) is 0 Å². The molecule has 0 fully saturated rings. The van der Waals surface area contributed by atoms with Gasteiger partial charge in [0.25, 0.3) is 0 Å². The normalized spacial score (nSPS) is 13.0. The molecule has 11 heavy (non-hydrogen) atoms. The summed E-state index contributed by atoms with van der Waals surface area (Å²) < 4.78 is 21.9. The molecule has 1 aromatic carbocycles. The van der Waals surface area contributed by atoms with Crippen molar-refractivity contribution >= 4 is 33.7 Å². The summed E-state index contributed by atoms with van der Waals surface area (Å²) in [6, 6.07) is 5.05. The van der Waals surface area contributed by atoms with E-state index in [0.29, 0.717) is 4.90 Å². The van der Waals surface area contributed by atoms with Crippen molar-refractivity contribution in [2.45, 2.75) is 11.8 Å². The van der Waals surface area contributed by atoms with E-state index in [1.165, 1.54) is 0 Å². The van der Waals surface area contributed by atoms with Gasteiger partial charge in [0.05, 0.1) is 0 Å². The van der Waals surface area contributed by atoms with Crippen LogP contribution in [0.25, 0.3) is 0 Å². The standard InChI is InChI=1S/C7H7IO2S/c1-5-2-3-6(11(9)10)4-7(5)8/h2-4H,1H3,(H,9,10)/p-1. The zero-order valence-electron chi connectivity index (χ0n) is 5.83. The molecule has 0 aromatic heterocycles. The number of hydrogen-bond acceptors (Lipinski definition) is 2. The highest BCUT2D eigenvalue weighted by atomic mass is 127. The first-order chi connectivity index (χ1) is 5.11. The summed E-state index contributed by atoms with van der Waals surface area (Å²) in [7, 11) is 0. The van der Waals surface area contributed by atoms with Gasteiger partial charge in [-0.25, -0.2) is 0 Å². The van der Waals surface area contributed by atoms with E-state index >= 15 is 0 Å². The van der Waals surface area contributed by atoms with E-state index in [0.717, 1.165) is 9.13 Å². The third-order valence-corrected chi connectivity index (χ3v) is 3.14. The Bertz CT molecular complexity index is 298. The monoisotopic (exact) mass is 281 g/mol.